The first-order valence-corrected chi connectivity index (χ1v) is 8.75. The number of aryl methyl sites for hydroxylation is 2. The van der Waals surface area contributed by atoms with E-state index in [1.54, 1.807) is 0 Å². The van der Waals surface area contributed by atoms with Crippen LogP contribution in [0.4, 0.5) is 5.69 Å². The number of ether oxygens (including phenoxy) is 1. The van der Waals surface area contributed by atoms with Crippen molar-refractivity contribution in [3.63, 3.8) is 0 Å². The molecule has 25 heavy (non-hydrogen) atoms. The number of esters is 1. The molecule has 0 saturated carbocycles. The van der Waals surface area contributed by atoms with Crippen molar-refractivity contribution in [1.82, 2.24) is 4.90 Å². The SMILES string of the molecule is CCOC(=O)C1CCCN(CCC(=O)Nc2cc(C)ccc2C)C1.Cl. The molecule has 6 heteroatoms. The second-order valence-corrected chi connectivity index (χ2v) is 6.51. The van der Waals surface area contributed by atoms with Crippen LogP contribution >= 0.6 is 12.4 Å². The molecule has 5 nitrogen and oxygen atoms in total. The van der Waals surface area contributed by atoms with Crippen molar-refractivity contribution in [2.24, 2.45) is 5.92 Å². The van der Waals surface area contributed by atoms with Crippen molar-refractivity contribution >= 4 is 30.0 Å². The Morgan fingerprint density at radius 1 is 1.32 bits per heavy atom. The largest absolute Gasteiger partial charge is 0.466 e. The van der Waals surface area contributed by atoms with E-state index in [1.165, 1.54) is 0 Å². The van der Waals surface area contributed by atoms with Gasteiger partial charge >= 0.3 is 5.97 Å². The first-order chi connectivity index (χ1) is 11.5. The maximum absolute atomic E-state index is 12.2. The zero-order chi connectivity index (χ0) is 17.5. The number of carbonyl (C=O) groups excluding carboxylic acids is 2. The monoisotopic (exact) mass is 368 g/mol. The Kier molecular flexibility index (Phi) is 8.93. The molecule has 1 unspecified atom stereocenters. The average molecular weight is 369 g/mol. The fraction of sp³-hybridized carbons (Fsp3) is 0.579. The maximum Gasteiger partial charge on any atom is 0.310 e. The molecule has 1 aliphatic heterocycles. The van der Waals surface area contributed by atoms with E-state index < -0.39 is 0 Å². The summed E-state index contributed by atoms with van der Waals surface area (Å²) < 4.78 is 5.11. The van der Waals surface area contributed by atoms with Crippen LogP contribution in [0.1, 0.15) is 37.3 Å². The van der Waals surface area contributed by atoms with E-state index in [4.69, 9.17) is 4.74 Å². The highest BCUT2D eigenvalue weighted by molar-refractivity contribution is 5.91. The maximum atomic E-state index is 12.2. The van der Waals surface area contributed by atoms with Crippen LogP contribution in [0.2, 0.25) is 0 Å². The summed E-state index contributed by atoms with van der Waals surface area (Å²) in [5, 5.41) is 2.99. The third-order valence-corrected chi connectivity index (χ3v) is 4.45. The first kappa shape index (κ1) is 21.5. The molecule has 1 aromatic carbocycles. The minimum Gasteiger partial charge on any atom is -0.466 e. The quantitative estimate of drug-likeness (QED) is 0.782. The number of piperidine rings is 1. The Morgan fingerprint density at radius 3 is 2.80 bits per heavy atom. The summed E-state index contributed by atoms with van der Waals surface area (Å²) in [5.41, 5.74) is 3.07. The van der Waals surface area contributed by atoms with Gasteiger partial charge in [-0.05, 0) is 57.4 Å². The Morgan fingerprint density at radius 2 is 2.08 bits per heavy atom. The molecule has 1 amide bonds. The van der Waals surface area contributed by atoms with Crippen molar-refractivity contribution in [3.8, 4) is 0 Å². The minimum atomic E-state index is -0.109. The average Bonchev–Trinajstić information content (AvgIpc) is 2.57. The normalized spacial score (nSPS) is 17.5. The van der Waals surface area contributed by atoms with Gasteiger partial charge in [0.2, 0.25) is 5.91 Å². The molecule has 1 heterocycles. The van der Waals surface area contributed by atoms with Gasteiger partial charge in [-0.15, -0.1) is 12.4 Å². The number of halogens is 1. The van der Waals surface area contributed by atoms with Crippen molar-refractivity contribution in [2.75, 3.05) is 31.6 Å². The number of benzene rings is 1. The minimum absolute atomic E-state index is 0. The number of carbonyl (C=O) groups is 2. The van der Waals surface area contributed by atoms with Gasteiger partial charge in [-0.3, -0.25) is 9.59 Å². The van der Waals surface area contributed by atoms with Crippen LogP contribution in [-0.4, -0.2) is 43.0 Å². The number of rotatable bonds is 6. The van der Waals surface area contributed by atoms with Crippen LogP contribution in [-0.2, 0) is 14.3 Å². The van der Waals surface area contributed by atoms with E-state index in [0.717, 1.165) is 36.2 Å². The number of anilines is 1. The van der Waals surface area contributed by atoms with Crippen LogP contribution < -0.4 is 5.32 Å². The van der Waals surface area contributed by atoms with Gasteiger partial charge in [-0.2, -0.15) is 0 Å². The van der Waals surface area contributed by atoms with Crippen molar-refractivity contribution in [3.05, 3.63) is 29.3 Å². The Labute approximate surface area is 156 Å². The molecule has 0 bridgehead atoms. The van der Waals surface area contributed by atoms with Crippen LogP contribution in [0.5, 0.6) is 0 Å². The molecule has 0 aliphatic carbocycles. The van der Waals surface area contributed by atoms with Gasteiger partial charge in [0.1, 0.15) is 0 Å². The molecular weight excluding hydrogens is 340 g/mol. The summed E-state index contributed by atoms with van der Waals surface area (Å²) in [4.78, 5) is 26.3. The van der Waals surface area contributed by atoms with Gasteiger partial charge in [0.15, 0.2) is 0 Å². The predicted molar refractivity (Wildman–Crippen MR) is 102 cm³/mol. The van der Waals surface area contributed by atoms with Crippen LogP contribution in [0.25, 0.3) is 0 Å². The zero-order valence-electron chi connectivity index (χ0n) is 15.3. The van der Waals surface area contributed by atoms with Crippen molar-refractivity contribution in [2.45, 2.75) is 40.0 Å². The Bertz CT molecular complexity index is 592. The fourth-order valence-corrected chi connectivity index (χ4v) is 3.05. The fourth-order valence-electron chi connectivity index (χ4n) is 3.05. The molecule has 1 fully saturated rings. The van der Waals surface area contributed by atoms with Gasteiger partial charge in [-0.25, -0.2) is 0 Å². The standard InChI is InChI=1S/C19H28N2O3.ClH/c1-4-24-19(23)16-6-5-10-21(13-16)11-9-18(22)20-17-12-14(2)7-8-15(17)3;/h7-8,12,16H,4-6,9-11,13H2,1-3H3,(H,20,22);1H. The van der Waals surface area contributed by atoms with Crippen LogP contribution in [0, 0.1) is 19.8 Å². The molecule has 0 aromatic heterocycles. The van der Waals surface area contributed by atoms with E-state index in [9.17, 15) is 9.59 Å². The summed E-state index contributed by atoms with van der Waals surface area (Å²) in [6.07, 6.45) is 2.29. The van der Waals surface area contributed by atoms with E-state index in [-0.39, 0.29) is 30.2 Å². The van der Waals surface area contributed by atoms with E-state index in [0.29, 0.717) is 26.1 Å². The summed E-state index contributed by atoms with van der Waals surface area (Å²) in [7, 11) is 0. The molecule has 0 radical (unpaired) electrons. The second kappa shape index (κ2) is 10.4. The van der Waals surface area contributed by atoms with E-state index in [2.05, 4.69) is 10.2 Å². The van der Waals surface area contributed by atoms with E-state index in [1.807, 2.05) is 39.0 Å². The number of hydrogen-bond donors (Lipinski definition) is 1. The van der Waals surface area contributed by atoms with Crippen LogP contribution in [0.15, 0.2) is 18.2 Å². The molecule has 0 spiro atoms. The lowest BCUT2D eigenvalue weighted by molar-refractivity contribution is -0.149. The highest BCUT2D eigenvalue weighted by atomic mass is 35.5. The summed E-state index contributed by atoms with van der Waals surface area (Å²) >= 11 is 0. The molecule has 1 aliphatic rings. The van der Waals surface area contributed by atoms with E-state index >= 15 is 0 Å². The second-order valence-electron chi connectivity index (χ2n) is 6.51. The lowest BCUT2D eigenvalue weighted by Gasteiger charge is -2.31. The summed E-state index contributed by atoms with van der Waals surface area (Å²) in [6.45, 7) is 8.56. The van der Waals surface area contributed by atoms with Gasteiger partial charge in [0.25, 0.3) is 0 Å². The number of amides is 1. The van der Waals surface area contributed by atoms with Gasteiger partial charge in [0.05, 0.1) is 12.5 Å². The Hall–Kier alpha value is -1.59. The summed E-state index contributed by atoms with van der Waals surface area (Å²) in [6, 6.07) is 6.04. The number of likely N-dealkylation sites (tertiary alicyclic amines) is 1. The smallest absolute Gasteiger partial charge is 0.310 e. The molecule has 140 valence electrons. The van der Waals surface area contributed by atoms with Crippen molar-refractivity contribution < 1.29 is 14.3 Å². The predicted octanol–water partition coefficient (Wildman–Crippen LogP) is 3.33. The van der Waals surface area contributed by atoms with Crippen molar-refractivity contribution in [1.29, 1.82) is 0 Å². The molecule has 1 atom stereocenters. The van der Waals surface area contributed by atoms with Crippen LogP contribution in [0.3, 0.4) is 0 Å². The third kappa shape index (κ3) is 6.67. The topological polar surface area (TPSA) is 58.6 Å². The highest BCUT2D eigenvalue weighted by Gasteiger charge is 2.26. The molecular formula is C19H29ClN2O3. The lowest BCUT2D eigenvalue weighted by Crippen LogP contribution is -2.40. The molecule has 2 rings (SSSR count). The van der Waals surface area contributed by atoms with Gasteiger partial charge in [0, 0.05) is 25.2 Å². The third-order valence-electron chi connectivity index (χ3n) is 4.45. The molecule has 1 saturated heterocycles. The first-order valence-electron chi connectivity index (χ1n) is 8.75. The zero-order valence-corrected chi connectivity index (χ0v) is 16.2. The number of nitrogens with one attached hydrogen (secondary N) is 1. The number of hydrogen-bond acceptors (Lipinski definition) is 4. The van der Waals surface area contributed by atoms with Gasteiger partial charge < -0.3 is 15.0 Å². The Balaban J connectivity index is 0.00000312. The van der Waals surface area contributed by atoms with Gasteiger partial charge in [-0.1, -0.05) is 12.1 Å². The number of nitrogens with zero attached hydrogens (tertiary/aromatic N) is 1. The highest BCUT2D eigenvalue weighted by Crippen LogP contribution is 2.19. The summed E-state index contributed by atoms with van der Waals surface area (Å²) in [5.74, 6) is -0.148. The molecule has 1 aromatic rings. The lowest BCUT2D eigenvalue weighted by atomic mass is 9.98. The molecule has 1 N–H and O–H groups in total.